The van der Waals surface area contributed by atoms with Gasteiger partial charge in [-0.2, -0.15) is 0 Å². The summed E-state index contributed by atoms with van der Waals surface area (Å²) in [6.07, 6.45) is 0. The van der Waals surface area contributed by atoms with Crippen LogP contribution in [0.3, 0.4) is 0 Å². The molecular formula is C12H13ClF2N2O3. The highest BCUT2D eigenvalue weighted by molar-refractivity contribution is 6.30. The number of carboxylic acid groups (broad SMARTS) is 1. The van der Waals surface area contributed by atoms with Crippen LogP contribution in [0.25, 0.3) is 0 Å². The maximum absolute atomic E-state index is 13.4. The molecule has 0 aliphatic heterocycles. The summed E-state index contributed by atoms with van der Waals surface area (Å²) in [5.41, 5.74) is -0.408. The van der Waals surface area contributed by atoms with Gasteiger partial charge in [0, 0.05) is 18.6 Å². The zero-order valence-corrected chi connectivity index (χ0v) is 11.5. The van der Waals surface area contributed by atoms with Crippen molar-refractivity contribution in [3.63, 3.8) is 0 Å². The number of aliphatic carboxylic acids is 1. The quantitative estimate of drug-likeness (QED) is 0.840. The average Bonchev–Trinajstić information content (AvgIpc) is 2.34. The number of nitrogens with one attached hydrogen (secondary N) is 1. The molecule has 1 aromatic carbocycles. The third-order valence-corrected chi connectivity index (χ3v) is 2.77. The van der Waals surface area contributed by atoms with E-state index >= 15 is 0 Å². The maximum atomic E-state index is 13.4. The number of anilines is 1. The Hall–Kier alpha value is -1.89. The highest BCUT2D eigenvalue weighted by atomic mass is 35.5. The van der Waals surface area contributed by atoms with Crippen molar-refractivity contribution in [1.29, 1.82) is 0 Å². The number of benzene rings is 1. The second kappa shape index (κ2) is 6.51. The van der Waals surface area contributed by atoms with E-state index in [4.69, 9.17) is 16.7 Å². The van der Waals surface area contributed by atoms with Crippen LogP contribution >= 0.6 is 11.6 Å². The molecule has 1 unspecified atom stereocenters. The summed E-state index contributed by atoms with van der Waals surface area (Å²) in [5, 5.41) is 10.8. The van der Waals surface area contributed by atoms with E-state index in [0.29, 0.717) is 0 Å². The molecule has 2 amide bonds. The van der Waals surface area contributed by atoms with Gasteiger partial charge in [0.1, 0.15) is 0 Å². The van der Waals surface area contributed by atoms with E-state index in [0.717, 1.165) is 17.0 Å². The lowest BCUT2D eigenvalue weighted by atomic mass is 10.2. The summed E-state index contributed by atoms with van der Waals surface area (Å²) in [7, 11) is 1.34. The molecule has 0 fully saturated rings. The zero-order valence-electron chi connectivity index (χ0n) is 10.8. The van der Waals surface area contributed by atoms with Crippen molar-refractivity contribution in [2.75, 3.05) is 18.9 Å². The molecule has 110 valence electrons. The van der Waals surface area contributed by atoms with Crippen molar-refractivity contribution in [2.24, 2.45) is 5.92 Å². The standard InChI is InChI=1S/C12H13ClF2N2O3/c1-6(11(18)19)5-17(2)12(20)16-9-4-7(13)3-8(14)10(9)15/h3-4,6H,5H2,1-2H3,(H,16,20)(H,18,19). The SMILES string of the molecule is CC(CN(C)C(=O)Nc1cc(Cl)cc(F)c1F)C(=O)O. The van der Waals surface area contributed by atoms with Gasteiger partial charge in [-0.3, -0.25) is 4.79 Å². The minimum Gasteiger partial charge on any atom is -0.481 e. The van der Waals surface area contributed by atoms with Crippen LogP contribution in [-0.4, -0.2) is 35.6 Å². The van der Waals surface area contributed by atoms with Crippen LogP contribution < -0.4 is 5.32 Å². The fourth-order valence-corrected chi connectivity index (χ4v) is 1.63. The molecule has 0 aliphatic rings. The number of hydrogen-bond donors (Lipinski definition) is 2. The van der Waals surface area contributed by atoms with E-state index in [1.165, 1.54) is 14.0 Å². The highest BCUT2D eigenvalue weighted by Crippen LogP contribution is 2.23. The molecule has 1 rings (SSSR count). The smallest absolute Gasteiger partial charge is 0.321 e. The fraction of sp³-hybridized carbons (Fsp3) is 0.333. The molecule has 0 saturated carbocycles. The van der Waals surface area contributed by atoms with E-state index in [9.17, 15) is 18.4 Å². The Kier molecular flexibility index (Phi) is 5.26. The number of carboxylic acids is 1. The maximum Gasteiger partial charge on any atom is 0.321 e. The predicted octanol–water partition coefficient (Wildman–Crippen LogP) is 2.80. The molecule has 20 heavy (non-hydrogen) atoms. The molecule has 1 aromatic rings. The second-order valence-corrected chi connectivity index (χ2v) is 4.74. The first-order valence-electron chi connectivity index (χ1n) is 5.61. The molecule has 0 heterocycles. The largest absolute Gasteiger partial charge is 0.481 e. The van der Waals surface area contributed by atoms with Crippen LogP contribution in [0.15, 0.2) is 12.1 Å². The molecule has 0 radical (unpaired) electrons. The summed E-state index contributed by atoms with van der Waals surface area (Å²) in [4.78, 5) is 23.5. The Morgan fingerprint density at radius 2 is 2.05 bits per heavy atom. The van der Waals surface area contributed by atoms with Gasteiger partial charge in [0.25, 0.3) is 0 Å². The van der Waals surface area contributed by atoms with Gasteiger partial charge < -0.3 is 15.3 Å². The molecule has 0 bridgehead atoms. The van der Waals surface area contributed by atoms with Gasteiger partial charge in [-0.25, -0.2) is 13.6 Å². The van der Waals surface area contributed by atoms with Crippen molar-refractivity contribution < 1.29 is 23.5 Å². The van der Waals surface area contributed by atoms with Gasteiger partial charge in [0.2, 0.25) is 0 Å². The number of rotatable bonds is 4. The van der Waals surface area contributed by atoms with E-state index in [-0.39, 0.29) is 11.6 Å². The minimum absolute atomic E-state index is 0.0687. The number of carbonyl (C=O) groups excluding carboxylic acids is 1. The molecular weight excluding hydrogens is 294 g/mol. The Morgan fingerprint density at radius 1 is 1.45 bits per heavy atom. The normalized spacial score (nSPS) is 11.8. The second-order valence-electron chi connectivity index (χ2n) is 4.30. The van der Waals surface area contributed by atoms with Crippen molar-refractivity contribution >= 4 is 29.3 Å². The van der Waals surface area contributed by atoms with Crippen LogP contribution in [0.4, 0.5) is 19.3 Å². The van der Waals surface area contributed by atoms with Gasteiger partial charge in [-0.15, -0.1) is 0 Å². The third-order valence-electron chi connectivity index (χ3n) is 2.55. The number of halogens is 3. The van der Waals surface area contributed by atoms with Gasteiger partial charge in [0.05, 0.1) is 11.6 Å². The van der Waals surface area contributed by atoms with Crippen LogP contribution in [-0.2, 0) is 4.79 Å². The van der Waals surface area contributed by atoms with Crippen molar-refractivity contribution in [3.8, 4) is 0 Å². The first-order valence-corrected chi connectivity index (χ1v) is 5.99. The lowest BCUT2D eigenvalue weighted by molar-refractivity contribution is -0.141. The van der Waals surface area contributed by atoms with Gasteiger partial charge >= 0.3 is 12.0 Å². The summed E-state index contributed by atoms with van der Waals surface area (Å²) in [6, 6.07) is 1.08. The van der Waals surface area contributed by atoms with E-state index < -0.39 is 35.2 Å². The fourth-order valence-electron chi connectivity index (χ4n) is 1.43. The molecule has 0 aliphatic carbocycles. The third kappa shape index (κ3) is 4.06. The first-order chi connectivity index (χ1) is 9.22. The Bertz CT molecular complexity index is 540. The summed E-state index contributed by atoms with van der Waals surface area (Å²) in [6.45, 7) is 1.34. The number of amides is 2. The van der Waals surface area contributed by atoms with Gasteiger partial charge in [0.15, 0.2) is 11.6 Å². The Balaban J connectivity index is 2.78. The lowest BCUT2D eigenvalue weighted by Crippen LogP contribution is -2.36. The highest BCUT2D eigenvalue weighted by Gasteiger charge is 2.19. The average molecular weight is 307 g/mol. The Morgan fingerprint density at radius 3 is 2.60 bits per heavy atom. The topological polar surface area (TPSA) is 69.6 Å². The molecule has 1 atom stereocenters. The molecule has 0 saturated heterocycles. The van der Waals surface area contributed by atoms with Crippen LogP contribution in [0, 0.1) is 17.6 Å². The van der Waals surface area contributed by atoms with Crippen molar-refractivity contribution in [1.82, 2.24) is 4.90 Å². The van der Waals surface area contributed by atoms with Crippen LogP contribution in [0.1, 0.15) is 6.92 Å². The minimum atomic E-state index is -1.23. The number of carbonyl (C=O) groups is 2. The van der Waals surface area contributed by atoms with Gasteiger partial charge in [-0.05, 0) is 12.1 Å². The number of hydrogen-bond acceptors (Lipinski definition) is 2. The summed E-state index contributed by atoms with van der Waals surface area (Å²) >= 11 is 5.56. The monoisotopic (exact) mass is 306 g/mol. The van der Waals surface area contributed by atoms with E-state index in [1.54, 1.807) is 0 Å². The molecule has 5 nitrogen and oxygen atoms in total. The first kappa shape index (κ1) is 16.2. The predicted molar refractivity (Wildman–Crippen MR) is 69.8 cm³/mol. The number of nitrogens with zero attached hydrogens (tertiary/aromatic N) is 1. The van der Waals surface area contributed by atoms with Crippen LogP contribution in [0.2, 0.25) is 5.02 Å². The van der Waals surface area contributed by atoms with Crippen molar-refractivity contribution in [2.45, 2.75) is 6.92 Å². The molecule has 0 aromatic heterocycles. The molecule has 0 spiro atoms. The Labute approximate surface area is 119 Å². The van der Waals surface area contributed by atoms with Gasteiger partial charge in [-0.1, -0.05) is 18.5 Å². The molecule has 2 N–H and O–H groups in total. The molecule has 8 heteroatoms. The zero-order chi connectivity index (χ0) is 15.4. The summed E-state index contributed by atoms with van der Waals surface area (Å²) < 4.78 is 26.5. The number of urea groups is 1. The van der Waals surface area contributed by atoms with E-state index in [1.807, 2.05) is 0 Å². The van der Waals surface area contributed by atoms with Crippen LogP contribution in [0.5, 0.6) is 0 Å². The lowest BCUT2D eigenvalue weighted by Gasteiger charge is -2.20. The van der Waals surface area contributed by atoms with Crippen molar-refractivity contribution in [3.05, 3.63) is 28.8 Å². The van der Waals surface area contributed by atoms with E-state index in [2.05, 4.69) is 5.32 Å². The summed E-state index contributed by atoms with van der Waals surface area (Å²) in [5.74, 6) is -4.27.